The van der Waals surface area contributed by atoms with Crippen molar-refractivity contribution in [3.63, 3.8) is 0 Å². The van der Waals surface area contributed by atoms with Crippen molar-refractivity contribution in [2.45, 2.75) is 19.9 Å². The van der Waals surface area contributed by atoms with Crippen molar-refractivity contribution in [3.8, 4) is 11.4 Å². The van der Waals surface area contributed by atoms with Crippen molar-refractivity contribution < 1.29 is 4.42 Å². The van der Waals surface area contributed by atoms with E-state index in [1.807, 2.05) is 12.1 Å². The van der Waals surface area contributed by atoms with Gasteiger partial charge in [-0.15, -0.1) is 0 Å². The molecule has 0 aliphatic rings. The van der Waals surface area contributed by atoms with Gasteiger partial charge in [0.05, 0.1) is 22.8 Å². The van der Waals surface area contributed by atoms with Crippen molar-refractivity contribution in [1.29, 1.82) is 0 Å². The predicted octanol–water partition coefficient (Wildman–Crippen LogP) is 5.58. The van der Waals surface area contributed by atoms with Gasteiger partial charge in [-0.2, -0.15) is 0 Å². The fraction of sp³-hybridized carbons (Fsp3) is 0.143. The van der Waals surface area contributed by atoms with Crippen LogP contribution < -0.4 is 0 Å². The van der Waals surface area contributed by atoms with E-state index < -0.39 is 0 Å². The normalized spacial score (nSPS) is 12.0. The Morgan fingerprint density at radius 2 is 1.84 bits per heavy atom. The van der Waals surface area contributed by atoms with Crippen LogP contribution in [0.2, 0.25) is 0 Å². The molecule has 0 aliphatic carbocycles. The number of rotatable bonds is 2. The molecule has 0 saturated carbocycles. The summed E-state index contributed by atoms with van der Waals surface area (Å²) >= 11 is 0. The van der Waals surface area contributed by atoms with Crippen LogP contribution in [0.1, 0.15) is 19.9 Å². The molecule has 0 unspecified atom stereocenters. The summed E-state index contributed by atoms with van der Waals surface area (Å²) in [6, 6.07) is 16.8. The summed E-state index contributed by atoms with van der Waals surface area (Å²) in [4.78, 5) is 9.09. The van der Waals surface area contributed by atoms with Crippen LogP contribution in [-0.2, 0) is 0 Å². The summed E-state index contributed by atoms with van der Waals surface area (Å²) in [5.74, 6) is 0.939. The van der Waals surface area contributed by atoms with Gasteiger partial charge in [-0.25, -0.2) is 4.98 Å². The fourth-order valence-electron chi connectivity index (χ4n) is 3.59. The quantitative estimate of drug-likeness (QED) is 0.425. The van der Waals surface area contributed by atoms with E-state index in [2.05, 4.69) is 59.8 Å². The number of aromatic nitrogens is 3. The maximum atomic E-state index is 6.15. The van der Waals surface area contributed by atoms with E-state index in [-0.39, 0.29) is 0 Å². The summed E-state index contributed by atoms with van der Waals surface area (Å²) in [5.41, 5.74) is 4.82. The molecule has 4 heteroatoms. The van der Waals surface area contributed by atoms with Gasteiger partial charge in [-0.05, 0) is 38.1 Å². The molecule has 0 atom stereocenters. The van der Waals surface area contributed by atoms with E-state index in [9.17, 15) is 0 Å². The third kappa shape index (κ3) is 2.00. The molecule has 0 N–H and O–H groups in total. The van der Waals surface area contributed by atoms with Gasteiger partial charge >= 0.3 is 0 Å². The molecule has 122 valence electrons. The van der Waals surface area contributed by atoms with Crippen molar-refractivity contribution >= 4 is 33.0 Å². The Morgan fingerprint density at radius 3 is 2.72 bits per heavy atom. The van der Waals surface area contributed by atoms with Crippen LogP contribution in [0.25, 0.3) is 44.4 Å². The molecular formula is C21H17N3O. The molecule has 5 rings (SSSR count). The number of furan rings is 1. The topological polar surface area (TPSA) is 43.9 Å². The van der Waals surface area contributed by atoms with Gasteiger partial charge in [0.25, 0.3) is 0 Å². The molecule has 0 saturated heterocycles. The molecule has 0 aliphatic heterocycles. The number of hydrogen-bond donors (Lipinski definition) is 0. The van der Waals surface area contributed by atoms with E-state index in [1.54, 1.807) is 12.4 Å². The van der Waals surface area contributed by atoms with Gasteiger partial charge in [-0.1, -0.05) is 24.3 Å². The fourth-order valence-corrected chi connectivity index (χ4v) is 3.59. The van der Waals surface area contributed by atoms with E-state index in [0.717, 1.165) is 44.4 Å². The molecular weight excluding hydrogens is 310 g/mol. The smallest absolute Gasteiger partial charge is 0.153 e. The minimum Gasteiger partial charge on any atom is -0.454 e. The number of nitrogens with zero attached hydrogens (tertiary/aromatic N) is 3. The van der Waals surface area contributed by atoms with Crippen LogP contribution in [-0.4, -0.2) is 14.5 Å². The van der Waals surface area contributed by atoms with Crippen LogP contribution in [0.3, 0.4) is 0 Å². The van der Waals surface area contributed by atoms with E-state index in [0.29, 0.717) is 6.04 Å². The Labute approximate surface area is 144 Å². The Hall–Kier alpha value is -3.14. The minimum absolute atomic E-state index is 0.295. The Balaban J connectivity index is 1.90. The van der Waals surface area contributed by atoms with Gasteiger partial charge < -0.3 is 8.98 Å². The first kappa shape index (κ1) is 14.2. The Morgan fingerprint density at radius 1 is 0.960 bits per heavy atom. The summed E-state index contributed by atoms with van der Waals surface area (Å²) < 4.78 is 8.43. The molecule has 2 aromatic carbocycles. The lowest BCUT2D eigenvalue weighted by Gasteiger charge is -2.13. The molecule has 0 fully saturated rings. The van der Waals surface area contributed by atoms with Crippen LogP contribution in [0.5, 0.6) is 0 Å². The number of benzene rings is 2. The number of imidazole rings is 1. The lowest BCUT2D eigenvalue weighted by molar-refractivity contribution is 0.622. The Bertz CT molecular complexity index is 1230. The van der Waals surface area contributed by atoms with Gasteiger partial charge in [0.1, 0.15) is 11.4 Å². The molecule has 0 radical (unpaired) electrons. The van der Waals surface area contributed by atoms with Gasteiger partial charge in [0.15, 0.2) is 5.58 Å². The molecule has 4 nitrogen and oxygen atoms in total. The van der Waals surface area contributed by atoms with Crippen molar-refractivity contribution in [2.75, 3.05) is 0 Å². The molecule has 5 aromatic rings. The second-order valence-corrected chi connectivity index (χ2v) is 6.54. The highest BCUT2D eigenvalue weighted by molar-refractivity contribution is 6.09. The van der Waals surface area contributed by atoms with E-state index in [4.69, 9.17) is 9.40 Å². The first-order valence-electron chi connectivity index (χ1n) is 8.46. The van der Waals surface area contributed by atoms with E-state index in [1.165, 1.54) is 0 Å². The third-order valence-electron chi connectivity index (χ3n) is 4.65. The summed E-state index contributed by atoms with van der Waals surface area (Å²) in [7, 11) is 0. The second kappa shape index (κ2) is 5.18. The standard InChI is InChI=1S/C21H17N3O/c1-13(2)24-18-9-4-3-8-17(18)23-21(24)16-7-5-6-15-14-10-11-22-12-19(14)25-20(15)16/h3-13H,1-2H3. The third-order valence-corrected chi connectivity index (χ3v) is 4.65. The summed E-state index contributed by atoms with van der Waals surface area (Å²) in [6.07, 6.45) is 3.57. The van der Waals surface area contributed by atoms with Crippen molar-refractivity contribution in [1.82, 2.24) is 14.5 Å². The van der Waals surface area contributed by atoms with Crippen LogP contribution in [0, 0.1) is 0 Å². The summed E-state index contributed by atoms with van der Waals surface area (Å²) in [6.45, 7) is 4.36. The highest BCUT2D eigenvalue weighted by Crippen LogP contribution is 2.37. The first-order valence-corrected chi connectivity index (χ1v) is 8.46. The Kier molecular flexibility index (Phi) is 2.95. The zero-order valence-corrected chi connectivity index (χ0v) is 14.1. The maximum absolute atomic E-state index is 6.15. The van der Waals surface area contributed by atoms with Crippen LogP contribution >= 0.6 is 0 Å². The molecule has 3 heterocycles. The van der Waals surface area contributed by atoms with Gasteiger partial charge in [0.2, 0.25) is 0 Å². The number of hydrogen-bond acceptors (Lipinski definition) is 3. The predicted molar refractivity (Wildman–Crippen MR) is 101 cm³/mol. The van der Waals surface area contributed by atoms with E-state index >= 15 is 0 Å². The molecule has 25 heavy (non-hydrogen) atoms. The van der Waals surface area contributed by atoms with Crippen LogP contribution in [0.4, 0.5) is 0 Å². The SMILES string of the molecule is CC(C)n1c(-c2cccc3c2oc2cnccc23)nc2ccccc21. The zero-order valence-electron chi connectivity index (χ0n) is 14.1. The maximum Gasteiger partial charge on any atom is 0.153 e. The number of para-hydroxylation sites is 3. The van der Waals surface area contributed by atoms with Crippen molar-refractivity contribution in [2.24, 2.45) is 0 Å². The molecule has 0 bridgehead atoms. The molecule has 3 aromatic heterocycles. The average Bonchev–Trinajstić information content (AvgIpc) is 3.20. The lowest BCUT2D eigenvalue weighted by atomic mass is 10.1. The molecule has 0 spiro atoms. The highest BCUT2D eigenvalue weighted by Gasteiger charge is 2.19. The number of pyridine rings is 1. The minimum atomic E-state index is 0.295. The zero-order chi connectivity index (χ0) is 17.0. The summed E-state index contributed by atoms with van der Waals surface area (Å²) in [5, 5.41) is 2.18. The molecule has 0 amide bonds. The monoisotopic (exact) mass is 327 g/mol. The number of fused-ring (bicyclic) bond motifs is 4. The lowest BCUT2D eigenvalue weighted by Crippen LogP contribution is -2.03. The van der Waals surface area contributed by atoms with Crippen molar-refractivity contribution in [3.05, 3.63) is 60.9 Å². The average molecular weight is 327 g/mol. The van der Waals surface area contributed by atoms with Gasteiger partial charge in [0, 0.05) is 23.0 Å². The largest absolute Gasteiger partial charge is 0.454 e. The first-order chi connectivity index (χ1) is 12.2. The highest BCUT2D eigenvalue weighted by atomic mass is 16.3. The van der Waals surface area contributed by atoms with Crippen LogP contribution in [0.15, 0.2) is 65.3 Å². The van der Waals surface area contributed by atoms with Gasteiger partial charge in [-0.3, -0.25) is 4.98 Å². The second-order valence-electron chi connectivity index (χ2n) is 6.54.